The number of nitrogens with zero attached hydrogens (tertiary/aromatic N) is 2. The molecule has 1 aliphatic rings. The van der Waals surface area contributed by atoms with Crippen molar-refractivity contribution in [1.82, 2.24) is 14.9 Å². The molecular weight excluding hydrogens is 516 g/mol. The highest BCUT2D eigenvalue weighted by atomic mass is 19.1. The molecule has 1 amide bonds. The van der Waals surface area contributed by atoms with Crippen LogP contribution in [0.4, 0.5) is 14.5 Å². The predicted molar refractivity (Wildman–Crippen MR) is 147 cm³/mol. The maximum absolute atomic E-state index is 15.1. The summed E-state index contributed by atoms with van der Waals surface area (Å²) in [7, 11) is 0. The third kappa shape index (κ3) is 5.60. The number of carbonyl (C=O) groups excluding carboxylic acids is 1. The van der Waals surface area contributed by atoms with E-state index in [4.69, 9.17) is 10.1 Å². The van der Waals surface area contributed by atoms with Crippen LogP contribution in [0.25, 0.3) is 11.3 Å². The second-order valence-electron chi connectivity index (χ2n) is 8.52. The minimum Gasteiger partial charge on any atom is -0.452 e. The Balaban J connectivity index is 1.36. The van der Waals surface area contributed by atoms with E-state index in [1.165, 1.54) is 65.4 Å². The zero-order valence-electron chi connectivity index (χ0n) is 20.8. The van der Waals surface area contributed by atoms with Gasteiger partial charge in [-0.3, -0.25) is 19.1 Å². The van der Waals surface area contributed by atoms with Crippen LogP contribution in [0.5, 0.6) is 5.75 Å². The molecular formula is C30H21F2N5O3. The fourth-order valence-electron chi connectivity index (χ4n) is 3.94. The van der Waals surface area contributed by atoms with Gasteiger partial charge in [0.05, 0.1) is 5.70 Å². The third-order valence-corrected chi connectivity index (χ3v) is 5.89. The monoisotopic (exact) mass is 537 g/mol. The van der Waals surface area contributed by atoms with Crippen molar-refractivity contribution in [3.05, 3.63) is 148 Å². The number of benzene rings is 2. The molecule has 0 aliphatic carbocycles. The summed E-state index contributed by atoms with van der Waals surface area (Å²) >= 11 is 0. The second-order valence-corrected chi connectivity index (χ2v) is 8.52. The lowest BCUT2D eigenvalue weighted by molar-refractivity contribution is 0.102. The van der Waals surface area contributed by atoms with Crippen molar-refractivity contribution in [2.24, 2.45) is 0 Å². The van der Waals surface area contributed by atoms with Crippen molar-refractivity contribution >= 4 is 23.4 Å². The summed E-state index contributed by atoms with van der Waals surface area (Å²) < 4.78 is 35.4. The van der Waals surface area contributed by atoms with Gasteiger partial charge in [0.1, 0.15) is 11.4 Å². The summed E-state index contributed by atoms with van der Waals surface area (Å²) in [4.78, 5) is 29.9. The molecule has 0 radical (unpaired) electrons. The van der Waals surface area contributed by atoms with Gasteiger partial charge in [0.2, 0.25) is 0 Å². The molecule has 0 fully saturated rings. The van der Waals surface area contributed by atoms with E-state index in [9.17, 15) is 14.0 Å². The van der Waals surface area contributed by atoms with Crippen LogP contribution in [0.2, 0.25) is 0 Å². The predicted octanol–water partition coefficient (Wildman–Crippen LogP) is 5.20. The number of nitrogens with one attached hydrogen (secondary N) is 3. The maximum Gasteiger partial charge on any atom is 0.267 e. The van der Waals surface area contributed by atoms with Gasteiger partial charge in [-0.25, -0.2) is 8.78 Å². The summed E-state index contributed by atoms with van der Waals surface area (Å²) in [5, 5.41) is 13.0. The zero-order valence-corrected chi connectivity index (χ0v) is 20.8. The molecule has 8 nitrogen and oxygen atoms in total. The number of anilines is 1. The normalized spacial score (nSPS) is 13.6. The molecule has 0 saturated heterocycles. The Hall–Kier alpha value is -5.64. The molecule has 3 N–H and O–H groups in total. The topological polar surface area (TPSA) is 109 Å². The SMILES string of the molecule is N=C/C=C1\NC=C(c2cccnc2)C=C1Oc1ccc(NC(=O)c2cccn(-c3ccc(F)cc3)c2=O)cc1F. The standard InChI is InChI=1S/C30H21F2N5O3/c31-21-5-8-23(9-6-21)37-14-2-4-24(30(37)39)29(38)36-22-7-10-27(25(32)16-22)40-28-15-20(18-35-26(28)11-12-33)19-3-1-13-34-17-19/h1-18,33,35H,(H,36,38)/b26-11-,33-12?. The molecule has 198 valence electrons. The summed E-state index contributed by atoms with van der Waals surface area (Å²) in [5.74, 6) is -1.80. The molecule has 5 rings (SSSR count). The van der Waals surface area contributed by atoms with Gasteiger partial charge in [-0.15, -0.1) is 0 Å². The van der Waals surface area contributed by atoms with Crippen LogP contribution in [-0.4, -0.2) is 21.7 Å². The lowest BCUT2D eigenvalue weighted by Gasteiger charge is -2.19. The van der Waals surface area contributed by atoms with E-state index in [-0.39, 0.29) is 22.8 Å². The Labute approximate surface area is 227 Å². The van der Waals surface area contributed by atoms with Crippen LogP contribution in [0.3, 0.4) is 0 Å². The first-order chi connectivity index (χ1) is 19.4. The second kappa shape index (κ2) is 11.4. The average Bonchev–Trinajstić information content (AvgIpc) is 2.96. The summed E-state index contributed by atoms with van der Waals surface area (Å²) in [6.45, 7) is 0. The molecule has 0 unspecified atom stereocenters. The van der Waals surface area contributed by atoms with Crippen molar-refractivity contribution in [2.75, 3.05) is 5.32 Å². The fraction of sp³-hybridized carbons (Fsp3) is 0. The molecule has 10 heteroatoms. The lowest BCUT2D eigenvalue weighted by atomic mass is 10.1. The first-order valence-corrected chi connectivity index (χ1v) is 12.0. The summed E-state index contributed by atoms with van der Waals surface area (Å²) in [6.07, 6.45) is 10.7. The summed E-state index contributed by atoms with van der Waals surface area (Å²) in [5.41, 5.74) is 1.69. The van der Waals surface area contributed by atoms with Crippen molar-refractivity contribution < 1.29 is 18.3 Å². The molecule has 40 heavy (non-hydrogen) atoms. The minimum atomic E-state index is -0.762. The Morgan fingerprint density at radius 2 is 1.90 bits per heavy atom. The number of dihydropyridines is 1. The number of rotatable bonds is 7. The molecule has 1 aliphatic heterocycles. The summed E-state index contributed by atoms with van der Waals surface area (Å²) in [6, 6.07) is 15.6. The Bertz CT molecular complexity index is 1740. The molecule has 0 bridgehead atoms. The van der Waals surface area contributed by atoms with Gasteiger partial charge in [0.15, 0.2) is 17.3 Å². The van der Waals surface area contributed by atoms with Crippen molar-refractivity contribution in [3.63, 3.8) is 0 Å². The van der Waals surface area contributed by atoms with Gasteiger partial charge in [0, 0.05) is 59.6 Å². The smallest absolute Gasteiger partial charge is 0.267 e. The number of amides is 1. The van der Waals surface area contributed by atoms with E-state index in [0.717, 1.165) is 23.4 Å². The van der Waals surface area contributed by atoms with E-state index in [1.54, 1.807) is 30.7 Å². The van der Waals surface area contributed by atoms with Gasteiger partial charge in [-0.1, -0.05) is 6.07 Å². The molecule has 3 heterocycles. The number of pyridine rings is 2. The first-order valence-electron chi connectivity index (χ1n) is 12.0. The Morgan fingerprint density at radius 3 is 2.62 bits per heavy atom. The van der Waals surface area contributed by atoms with E-state index in [0.29, 0.717) is 11.4 Å². The zero-order chi connectivity index (χ0) is 28.1. The quantitative estimate of drug-likeness (QED) is 0.281. The number of aromatic nitrogens is 2. The molecule has 4 aromatic rings. The average molecular weight is 538 g/mol. The maximum atomic E-state index is 15.1. The van der Waals surface area contributed by atoms with Gasteiger partial charge in [-0.2, -0.15) is 0 Å². The van der Waals surface area contributed by atoms with Crippen LogP contribution in [-0.2, 0) is 0 Å². The largest absolute Gasteiger partial charge is 0.452 e. The van der Waals surface area contributed by atoms with Crippen molar-refractivity contribution in [3.8, 4) is 11.4 Å². The van der Waals surface area contributed by atoms with Crippen LogP contribution in [0.15, 0.2) is 120 Å². The highest BCUT2D eigenvalue weighted by molar-refractivity contribution is 6.04. The molecule has 0 spiro atoms. The van der Waals surface area contributed by atoms with Gasteiger partial charge in [0.25, 0.3) is 11.5 Å². The molecule has 2 aromatic carbocycles. The van der Waals surface area contributed by atoms with E-state index < -0.39 is 23.1 Å². The lowest BCUT2D eigenvalue weighted by Crippen LogP contribution is -2.27. The van der Waals surface area contributed by atoms with E-state index in [1.807, 2.05) is 6.07 Å². The first kappa shape index (κ1) is 26.0. The Kier molecular flexibility index (Phi) is 7.41. The molecule has 0 saturated carbocycles. The van der Waals surface area contributed by atoms with Crippen molar-refractivity contribution in [1.29, 1.82) is 5.41 Å². The van der Waals surface area contributed by atoms with E-state index in [2.05, 4.69) is 15.6 Å². The number of carbonyl (C=O) groups is 1. The number of ether oxygens (including phenoxy) is 1. The third-order valence-electron chi connectivity index (χ3n) is 5.89. The molecule has 0 atom stereocenters. The number of halogens is 2. The molecule has 2 aromatic heterocycles. The number of hydrogen-bond donors (Lipinski definition) is 3. The Morgan fingerprint density at radius 1 is 1.07 bits per heavy atom. The van der Waals surface area contributed by atoms with Crippen molar-refractivity contribution in [2.45, 2.75) is 0 Å². The highest BCUT2D eigenvalue weighted by Crippen LogP contribution is 2.29. The number of allylic oxidation sites excluding steroid dienone is 3. The highest BCUT2D eigenvalue weighted by Gasteiger charge is 2.18. The van der Waals surface area contributed by atoms with Gasteiger partial charge >= 0.3 is 0 Å². The minimum absolute atomic E-state index is 0.105. The van der Waals surface area contributed by atoms with Crippen LogP contribution >= 0.6 is 0 Å². The van der Waals surface area contributed by atoms with E-state index >= 15 is 4.39 Å². The van der Waals surface area contributed by atoms with Crippen LogP contribution in [0.1, 0.15) is 15.9 Å². The van der Waals surface area contributed by atoms with Crippen LogP contribution in [0, 0.1) is 17.0 Å². The van der Waals surface area contributed by atoms with Gasteiger partial charge in [-0.05, 0) is 66.7 Å². The van der Waals surface area contributed by atoms with Crippen LogP contribution < -0.4 is 20.9 Å². The van der Waals surface area contributed by atoms with Gasteiger partial charge < -0.3 is 20.8 Å². The fourth-order valence-corrected chi connectivity index (χ4v) is 3.94. The number of hydrogen-bond acceptors (Lipinski definition) is 6.